The lowest BCUT2D eigenvalue weighted by Crippen LogP contribution is -2.58. The SMILES string of the molecule is CC(=O)N1C[C@@]2(C)CC(C)(CO)C[C@@](C)(C1)C2. The smallest absolute Gasteiger partial charge is 0.219 e. The maximum Gasteiger partial charge on any atom is 0.219 e. The molecule has 1 aliphatic heterocycles. The van der Waals surface area contributed by atoms with Crippen LogP contribution in [-0.2, 0) is 4.79 Å². The zero-order valence-corrected chi connectivity index (χ0v) is 11.5. The quantitative estimate of drug-likeness (QED) is 0.760. The number of hydrogen-bond donors (Lipinski definition) is 1. The summed E-state index contributed by atoms with van der Waals surface area (Å²) in [6, 6.07) is 0. The van der Waals surface area contributed by atoms with E-state index in [9.17, 15) is 9.90 Å². The summed E-state index contributed by atoms with van der Waals surface area (Å²) in [5.41, 5.74) is 0.382. The molecule has 0 aromatic heterocycles. The monoisotopic (exact) mass is 239 g/mol. The molecular weight excluding hydrogens is 214 g/mol. The molecule has 98 valence electrons. The Balaban J connectivity index is 2.28. The van der Waals surface area contributed by atoms with Gasteiger partial charge in [0, 0.05) is 26.6 Å². The van der Waals surface area contributed by atoms with Crippen molar-refractivity contribution in [2.24, 2.45) is 16.2 Å². The maximum absolute atomic E-state index is 11.6. The van der Waals surface area contributed by atoms with E-state index < -0.39 is 0 Å². The fourth-order valence-electron chi connectivity index (χ4n) is 4.81. The van der Waals surface area contributed by atoms with Crippen molar-refractivity contribution < 1.29 is 9.90 Å². The lowest BCUT2D eigenvalue weighted by molar-refractivity contribution is -0.147. The minimum Gasteiger partial charge on any atom is -0.396 e. The summed E-state index contributed by atoms with van der Waals surface area (Å²) in [4.78, 5) is 13.6. The number of fused-ring (bicyclic) bond motifs is 2. The van der Waals surface area contributed by atoms with Crippen LogP contribution in [0.25, 0.3) is 0 Å². The van der Waals surface area contributed by atoms with E-state index >= 15 is 0 Å². The number of rotatable bonds is 1. The Bertz CT molecular complexity index is 321. The van der Waals surface area contributed by atoms with Crippen molar-refractivity contribution in [1.29, 1.82) is 0 Å². The van der Waals surface area contributed by atoms with Crippen LogP contribution in [0.1, 0.15) is 47.0 Å². The van der Waals surface area contributed by atoms with Crippen LogP contribution in [0.2, 0.25) is 0 Å². The van der Waals surface area contributed by atoms with Crippen LogP contribution >= 0.6 is 0 Å². The normalized spacial score (nSPS) is 45.8. The predicted molar refractivity (Wildman–Crippen MR) is 67.5 cm³/mol. The van der Waals surface area contributed by atoms with Crippen molar-refractivity contribution in [3.63, 3.8) is 0 Å². The number of carbonyl (C=O) groups is 1. The molecule has 1 amide bonds. The molecular formula is C14H25NO2. The molecule has 2 bridgehead atoms. The van der Waals surface area contributed by atoms with Crippen LogP contribution in [0.15, 0.2) is 0 Å². The van der Waals surface area contributed by atoms with Crippen LogP contribution in [0.5, 0.6) is 0 Å². The van der Waals surface area contributed by atoms with Crippen molar-refractivity contribution in [2.45, 2.75) is 47.0 Å². The summed E-state index contributed by atoms with van der Waals surface area (Å²) in [6.07, 6.45) is 3.23. The van der Waals surface area contributed by atoms with E-state index in [0.29, 0.717) is 0 Å². The van der Waals surface area contributed by atoms with Gasteiger partial charge in [-0.15, -0.1) is 0 Å². The first-order valence-electron chi connectivity index (χ1n) is 6.56. The molecule has 3 nitrogen and oxygen atoms in total. The van der Waals surface area contributed by atoms with Gasteiger partial charge in [0.2, 0.25) is 5.91 Å². The third-order valence-corrected chi connectivity index (χ3v) is 4.53. The largest absolute Gasteiger partial charge is 0.396 e. The molecule has 3 heteroatoms. The molecule has 0 aromatic rings. The van der Waals surface area contributed by atoms with Gasteiger partial charge in [-0.1, -0.05) is 20.8 Å². The molecule has 0 aromatic carbocycles. The molecule has 3 atom stereocenters. The molecule has 2 rings (SSSR count). The molecule has 0 spiro atoms. The molecule has 2 aliphatic rings. The maximum atomic E-state index is 11.6. The highest BCUT2D eigenvalue weighted by Crippen LogP contribution is 2.57. The average Bonchev–Trinajstić information content (AvgIpc) is 2.12. The lowest BCUT2D eigenvalue weighted by atomic mass is 9.52. The van der Waals surface area contributed by atoms with Crippen molar-refractivity contribution >= 4 is 5.91 Å². The minimum atomic E-state index is 0.0324. The van der Waals surface area contributed by atoms with Gasteiger partial charge in [-0.05, 0) is 35.5 Å². The highest BCUT2D eigenvalue weighted by Gasteiger charge is 2.53. The number of nitrogens with zero attached hydrogens (tertiary/aromatic N) is 1. The van der Waals surface area contributed by atoms with Crippen molar-refractivity contribution in [2.75, 3.05) is 19.7 Å². The molecule has 1 saturated heterocycles. The topological polar surface area (TPSA) is 40.5 Å². The highest BCUT2D eigenvalue weighted by atomic mass is 16.3. The minimum absolute atomic E-state index is 0.0324. The molecule has 0 radical (unpaired) electrons. The second-order valence-corrected chi connectivity index (χ2v) is 7.50. The molecule has 2 fully saturated rings. The van der Waals surface area contributed by atoms with Gasteiger partial charge in [0.1, 0.15) is 0 Å². The first kappa shape index (κ1) is 12.9. The number of aliphatic hydroxyl groups is 1. The summed E-state index contributed by atoms with van der Waals surface area (Å²) in [5, 5.41) is 9.63. The summed E-state index contributed by atoms with van der Waals surface area (Å²) in [5.74, 6) is 0.190. The van der Waals surface area contributed by atoms with Gasteiger partial charge < -0.3 is 10.0 Å². The average molecular weight is 239 g/mol. The first-order chi connectivity index (χ1) is 7.69. The second kappa shape index (κ2) is 3.71. The lowest BCUT2D eigenvalue weighted by Gasteiger charge is -2.58. The van der Waals surface area contributed by atoms with Crippen molar-refractivity contribution in [3.05, 3.63) is 0 Å². The number of aliphatic hydroxyl groups excluding tert-OH is 1. The summed E-state index contributed by atoms with van der Waals surface area (Å²) >= 11 is 0. The number of carbonyl (C=O) groups excluding carboxylic acids is 1. The molecule has 17 heavy (non-hydrogen) atoms. The Morgan fingerprint density at radius 3 is 1.94 bits per heavy atom. The Hall–Kier alpha value is -0.570. The molecule has 1 heterocycles. The van der Waals surface area contributed by atoms with E-state index in [0.717, 1.165) is 25.9 Å². The zero-order chi connectivity index (χ0) is 12.9. The third kappa shape index (κ3) is 2.35. The van der Waals surface area contributed by atoms with Crippen LogP contribution in [0, 0.1) is 16.2 Å². The fraction of sp³-hybridized carbons (Fsp3) is 0.929. The van der Waals surface area contributed by atoms with Gasteiger partial charge in [0.05, 0.1) is 0 Å². The first-order valence-corrected chi connectivity index (χ1v) is 6.56. The number of likely N-dealkylation sites (tertiary alicyclic amines) is 1. The van der Waals surface area contributed by atoms with Gasteiger partial charge in [-0.25, -0.2) is 0 Å². The van der Waals surface area contributed by atoms with E-state index in [2.05, 4.69) is 20.8 Å². The number of amides is 1. The van der Waals surface area contributed by atoms with Crippen LogP contribution in [0.3, 0.4) is 0 Å². The second-order valence-electron chi connectivity index (χ2n) is 7.50. The number of piperidine rings is 1. The Kier molecular flexibility index (Phi) is 2.81. The molecule has 1 unspecified atom stereocenters. The van der Waals surface area contributed by atoms with E-state index in [4.69, 9.17) is 0 Å². The van der Waals surface area contributed by atoms with Gasteiger partial charge in [0.15, 0.2) is 0 Å². The predicted octanol–water partition coefficient (Wildman–Crippen LogP) is 2.04. The highest BCUT2D eigenvalue weighted by molar-refractivity contribution is 5.73. The van der Waals surface area contributed by atoms with Crippen molar-refractivity contribution in [1.82, 2.24) is 4.90 Å². The third-order valence-electron chi connectivity index (χ3n) is 4.53. The number of hydrogen-bond acceptors (Lipinski definition) is 2. The van der Waals surface area contributed by atoms with Crippen LogP contribution in [0.4, 0.5) is 0 Å². The molecule has 1 aliphatic carbocycles. The fourth-order valence-corrected chi connectivity index (χ4v) is 4.81. The van der Waals surface area contributed by atoms with Gasteiger partial charge in [-0.2, -0.15) is 0 Å². The van der Waals surface area contributed by atoms with Crippen molar-refractivity contribution in [3.8, 4) is 0 Å². The van der Waals surface area contributed by atoms with E-state index in [1.807, 2.05) is 4.90 Å². The Morgan fingerprint density at radius 1 is 1.12 bits per heavy atom. The van der Waals surface area contributed by atoms with Gasteiger partial charge in [-0.3, -0.25) is 4.79 Å². The molecule has 1 N–H and O–H groups in total. The zero-order valence-electron chi connectivity index (χ0n) is 11.5. The standard InChI is InChI=1S/C14H25NO2/c1-11(17)15-8-12(2)5-13(3,9-15)7-14(4,6-12)10-16/h16H,5-10H2,1-4H3/t12-,13+,14?. The van der Waals surface area contributed by atoms with E-state index in [1.165, 1.54) is 6.42 Å². The van der Waals surface area contributed by atoms with Gasteiger partial charge in [0.25, 0.3) is 0 Å². The Morgan fingerprint density at radius 2 is 1.59 bits per heavy atom. The van der Waals surface area contributed by atoms with Crippen LogP contribution in [-0.4, -0.2) is 35.6 Å². The van der Waals surface area contributed by atoms with Gasteiger partial charge >= 0.3 is 0 Å². The Labute approximate surface area is 104 Å². The summed E-state index contributed by atoms with van der Waals surface area (Å²) in [6.45, 7) is 10.4. The summed E-state index contributed by atoms with van der Waals surface area (Å²) < 4.78 is 0. The van der Waals surface area contributed by atoms with E-state index in [-0.39, 0.29) is 28.8 Å². The summed E-state index contributed by atoms with van der Waals surface area (Å²) in [7, 11) is 0. The molecule has 1 saturated carbocycles. The van der Waals surface area contributed by atoms with E-state index in [1.54, 1.807) is 6.92 Å². The van der Waals surface area contributed by atoms with Crippen LogP contribution < -0.4 is 0 Å².